The molecule has 15 heteroatoms. The first kappa shape index (κ1) is 37.8. The summed E-state index contributed by atoms with van der Waals surface area (Å²) in [5, 5.41) is 3.16. The number of amides is 2. The number of ether oxygens (including phenoxy) is 3. The van der Waals surface area contributed by atoms with Crippen LogP contribution in [0.1, 0.15) is 45.6 Å². The smallest absolute Gasteiger partial charge is 0.410 e. The molecule has 3 rings (SSSR count). The van der Waals surface area contributed by atoms with E-state index in [0.29, 0.717) is 21.9 Å². The molecule has 2 aromatic rings. The van der Waals surface area contributed by atoms with E-state index in [-0.39, 0.29) is 44.2 Å². The zero-order chi connectivity index (χ0) is 33.9. The fourth-order valence-corrected chi connectivity index (χ4v) is 4.24. The van der Waals surface area contributed by atoms with E-state index in [1.807, 2.05) is 20.8 Å². The van der Waals surface area contributed by atoms with E-state index in [1.165, 1.54) is 11.0 Å². The molecule has 0 spiro atoms. The summed E-state index contributed by atoms with van der Waals surface area (Å²) in [7, 11) is 1.71. The van der Waals surface area contributed by atoms with Crippen LogP contribution in [-0.2, 0) is 30.5 Å². The highest BCUT2D eigenvalue weighted by atomic mass is 35.5. The van der Waals surface area contributed by atoms with Gasteiger partial charge in [0.25, 0.3) is 0 Å². The summed E-state index contributed by atoms with van der Waals surface area (Å²) >= 11 is 11.9. The number of Topliss-reactive ketones (excluding diaryl/α,β-unsaturated/α-hetero) is 1. The summed E-state index contributed by atoms with van der Waals surface area (Å²) in [6, 6.07) is 3.32. The van der Waals surface area contributed by atoms with Crippen molar-refractivity contribution in [2.45, 2.75) is 58.3 Å². The molecule has 0 saturated carbocycles. The van der Waals surface area contributed by atoms with Crippen molar-refractivity contribution in [2.24, 2.45) is 5.92 Å². The number of piperidine rings is 1. The molecular weight excluding hydrogens is 647 g/mol. The molecule has 2 aromatic carbocycles. The van der Waals surface area contributed by atoms with Crippen LogP contribution in [0.5, 0.6) is 5.75 Å². The Bertz CT molecular complexity index is 1340. The lowest BCUT2D eigenvalue weighted by molar-refractivity contribution is -0.132. The molecule has 9 nitrogen and oxygen atoms in total. The SMILES string of the molecule is COC(C)(C)C.O=CCC(NC(=O)C1CCN(C(=O)OCc2ccc(Cl)cc2Cl)CC1)C(=O)COc1c(F)c(F)cc(F)c1F. The molecule has 0 aromatic heterocycles. The first-order valence-electron chi connectivity index (χ1n) is 13.7. The Hall–Kier alpha value is -3.42. The van der Waals surface area contributed by atoms with E-state index in [4.69, 9.17) is 32.7 Å². The minimum Gasteiger partial charge on any atom is -0.479 e. The number of nitrogens with one attached hydrogen (secondary N) is 1. The van der Waals surface area contributed by atoms with Gasteiger partial charge in [-0.25, -0.2) is 13.6 Å². The maximum absolute atomic E-state index is 13.8. The van der Waals surface area contributed by atoms with E-state index in [0.717, 1.165) is 0 Å². The summed E-state index contributed by atoms with van der Waals surface area (Å²) in [6.07, 6.45) is -0.300. The lowest BCUT2D eigenvalue weighted by atomic mass is 9.95. The summed E-state index contributed by atoms with van der Waals surface area (Å²) in [5.41, 5.74) is 0.603. The number of benzene rings is 2. The van der Waals surface area contributed by atoms with Crippen molar-refractivity contribution < 1.29 is 51.0 Å². The van der Waals surface area contributed by atoms with Gasteiger partial charge in [0.05, 0.1) is 11.6 Å². The van der Waals surface area contributed by atoms with Crippen LogP contribution in [0.15, 0.2) is 24.3 Å². The zero-order valence-electron chi connectivity index (χ0n) is 25.1. The van der Waals surface area contributed by atoms with Gasteiger partial charge < -0.3 is 29.2 Å². The van der Waals surface area contributed by atoms with Crippen molar-refractivity contribution in [3.8, 4) is 5.75 Å². The molecule has 0 aliphatic carbocycles. The molecular formula is C30H34Cl2F4N2O7. The van der Waals surface area contributed by atoms with Gasteiger partial charge in [-0.15, -0.1) is 0 Å². The predicted octanol–water partition coefficient (Wildman–Crippen LogP) is 6.05. The van der Waals surface area contributed by atoms with Gasteiger partial charge in [-0.2, -0.15) is 8.78 Å². The van der Waals surface area contributed by atoms with Gasteiger partial charge in [-0.1, -0.05) is 29.3 Å². The van der Waals surface area contributed by atoms with Crippen LogP contribution in [-0.4, -0.2) is 67.4 Å². The minimum atomic E-state index is -1.83. The van der Waals surface area contributed by atoms with E-state index in [1.54, 1.807) is 19.2 Å². The lowest BCUT2D eigenvalue weighted by Crippen LogP contribution is -2.48. The molecule has 45 heavy (non-hydrogen) atoms. The van der Waals surface area contributed by atoms with Gasteiger partial charge in [0.15, 0.2) is 23.2 Å². The predicted molar refractivity (Wildman–Crippen MR) is 157 cm³/mol. The number of nitrogens with zero attached hydrogens (tertiary/aromatic N) is 1. The highest BCUT2D eigenvalue weighted by Crippen LogP contribution is 2.27. The number of rotatable bonds is 10. The average molecular weight is 682 g/mol. The first-order chi connectivity index (χ1) is 21.1. The van der Waals surface area contributed by atoms with Crippen molar-refractivity contribution in [3.05, 3.63) is 63.1 Å². The van der Waals surface area contributed by atoms with Gasteiger partial charge in [-0.3, -0.25) is 9.59 Å². The summed E-state index contributed by atoms with van der Waals surface area (Å²) < 4.78 is 69.0. The summed E-state index contributed by atoms with van der Waals surface area (Å²) in [4.78, 5) is 50.0. The van der Waals surface area contributed by atoms with Crippen molar-refractivity contribution >= 4 is 47.3 Å². The van der Waals surface area contributed by atoms with Crippen molar-refractivity contribution in [1.82, 2.24) is 10.2 Å². The Labute approximate surface area is 268 Å². The number of aldehydes is 1. The maximum atomic E-state index is 13.8. The van der Waals surface area contributed by atoms with Crippen LogP contribution in [0.3, 0.4) is 0 Å². The molecule has 1 unspecified atom stereocenters. The molecule has 1 atom stereocenters. The number of hydrogen-bond acceptors (Lipinski definition) is 7. The third-order valence-electron chi connectivity index (χ3n) is 6.57. The molecule has 0 bridgehead atoms. The van der Waals surface area contributed by atoms with Crippen LogP contribution >= 0.6 is 23.2 Å². The van der Waals surface area contributed by atoms with E-state index in [9.17, 15) is 36.7 Å². The summed E-state index contributed by atoms with van der Waals surface area (Å²) in [6.45, 7) is 5.25. The van der Waals surface area contributed by atoms with Crippen LogP contribution in [0, 0.1) is 29.2 Å². The van der Waals surface area contributed by atoms with Crippen LogP contribution < -0.4 is 10.1 Å². The number of hydrogen-bond donors (Lipinski definition) is 1. The largest absolute Gasteiger partial charge is 0.479 e. The fraction of sp³-hybridized carbons (Fsp3) is 0.467. The van der Waals surface area contributed by atoms with Crippen LogP contribution in [0.25, 0.3) is 0 Å². The van der Waals surface area contributed by atoms with E-state index in [2.05, 4.69) is 10.1 Å². The molecule has 1 N–H and O–H groups in total. The highest BCUT2D eigenvalue weighted by Gasteiger charge is 2.31. The molecule has 1 saturated heterocycles. The Kier molecular flexibility index (Phi) is 14.5. The second kappa shape index (κ2) is 17.3. The standard InChI is InChI=1S/C25H22Cl2F4N2O6.C5H12O/c26-15-2-1-14(16(27)9-15)11-39-25(37)33-6-3-13(4-7-33)24(36)32-19(5-8-34)20(35)12-38-23-21(30)17(28)10-18(29)22(23)31;1-5(2,3)6-4/h1-2,8-10,13,19H,3-7,11-12H2,(H,32,36);1-4H3. The quantitative estimate of drug-likeness (QED) is 0.185. The monoisotopic (exact) mass is 680 g/mol. The van der Waals surface area contributed by atoms with Gasteiger partial charge in [0.1, 0.15) is 19.5 Å². The lowest BCUT2D eigenvalue weighted by Gasteiger charge is -2.31. The third kappa shape index (κ3) is 11.8. The first-order valence-corrected chi connectivity index (χ1v) is 14.5. The number of carbonyl (C=O) groups excluding carboxylic acids is 4. The maximum Gasteiger partial charge on any atom is 0.410 e. The fourth-order valence-electron chi connectivity index (χ4n) is 3.77. The normalized spacial score (nSPS) is 14.1. The third-order valence-corrected chi connectivity index (χ3v) is 7.16. The summed E-state index contributed by atoms with van der Waals surface area (Å²) in [5.74, 6) is -10.7. The van der Waals surface area contributed by atoms with Crippen molar-refractivity contribution in [3.63, 3.8) is 0 Å². The molecule has 1 aliphatic rings. The molecule has 248 valence electrons. The molecule has 2 amide bonds. The van der Waals surface area contributed by atoms with Gasteiger partial charge >= 0.3 is 6.09 Å². The van der Waals surface area contributed by atoms with Crippen LogP contribution in [0.2, 0.25) is 10.0 Å². The number of likely N-dealkylation sites (tertiary alicyclic amines) is 1. The molecule has 0 radical (unpaired) electrons. The minimum absolute atomic E-state index is 0.0188. The number of halogens is 6. The number of methoxy groups -OCH3 is 1. The Morgan fingerprint density at radius 2 is 1.62 bits per heavy atom. The Morgan fingerprint density at radius 3 is 2.13 bits per heavy atom. The van der Waals surface area contributed by atoms with Crippen LogP contribution in [0.4, 0.5) is 22.4 Å². The Morgan fingerprint density at radius 1 is 1.04 bits per heavy atom. The van der Waals surface area contributed by atoms with E-state index >= 15 is 0 Å². The second-order valence-electron chi connectivity index (χ2n) is 10.9. The van der Waals surface area contributed by atoms with Crippen molar-refractivity contribution in [1.29, 1.82) is 0 Å². The van der Waals surface area contributed by atoms with Gasteiger partial charge in [0, 0.05) is 54.2 Å². The molecule has 1 heterocycles. The zero-order valence-corrected chi connectivity index (χ0v) is 26.6. The van der Waals surface area contributed by atoms with E-state index < -0.39 is 71.8 Å². The second-order valence-corrected chi connectivity index (χ2v) is 11.7. The van der Waals surface area contributed by atoms with Gasteiger partial charge in [-0.05, 0) is 45.7 Å². The molecule has 1 aliphatic heterocycles. The topological polar surface area (TPSA) is 111 Å². The number of carbonyl (C=O) groups is 4. The van der Waals surface area contributed by atoms with Gasteiger partial charge in [0.2, 0.25) is 17.5 Å². The highest BCUT2D eigenvalue weighted by molar-refractivity contribution is 6.35. The Balaban J connectivity index is 0.00000107. The van der Waals surface area contributed by atoms with Crippen molar-refractivity contribution in [2.75, 3.05) is 26.8 Å². The molecule has 1 fully saturated rings. The number of ketones is 1. The average Bonchev–Trinajstić information content (AvgIpc) is 2.99.